The molecule has 6 heteroatoms. The molecule has 1 atom stereocenters. The minimum absolute atomic E-state index is 0.0436. The summed E-state index contributed by atoms with van der Waals surface area (Å²) in [5.74, 6) is -1.55. The van der Waals surface area contributed by atoms with Crippen LogP contribution in [-0.2, 0) is 19.1 Å². The van der Waals surface area contributed by atoms with Gasteiger partial charge in [-0.15, -0.1) is 0 Å². The van der Waals surface area contributed by atoms with Crippen molar-refractivity contribution in [3.05, 3.63) is 41.5 Å². The van der Waals surface area contributed by atoms with Gasteiger partial charge in [-0.2, -0.15) is 0 Å². The van der Waals surface area contributed by atoms with E-state index in [1.165, 1.54) is 36.4 Å². The van der Waals surface area contributed by atoms with E-state index in [1.807, 2.05) is 0 Å². The van der Waals surface area contributed by atoms with Crippen LogP contribution in [0.4, 0.5) is 0 Å². The molecule has 0 saturated heterocycles. The van der Waals surface area contributed by atoms with Crippen LogP contribution in [0.25, 0.3) is 6.08 Å². The minimum atomic E-state index is -0.599. The monoisotopic (exact) mass is 290 g/mol. The van der Waals surface area contributed by atoms with Crippen LogP contribution in [0, 0.1) is 0 Å². The lowest BCUT2D eigenvalue weighted by atomic mass is 10.2. The molecule has 0 unspecified atom stereocenters. The quantitative estimate of drug-likeness (QED) is 0.496. The Morgan fingerprint density at radius 1 is 1.38 bits per heavy atom. The summed E-state index contributed by atoms with van der Waals surface area (Å²) in [6, 6.07) is 4.15. The maximum absolute atomic E-state index is 11.5. The number of benzene rings is 1. The fourth-order valence-electron chi connectivity index (χ4n) is 1.73. The normalized spacial score (nSPS) is 17.7. The van der Waals surface area contributed by atoms with Crippen LogP contribution in [0.2, 0.25) is 0 Å². The fraction of sp³-hybridized carbons (Fsp3) is 0.200. The van der Waals surface area contributed by atoms with Gasteiger partial charge in [0.15, 0.2) is 17.6 Å². The molecule has 0 bridgehead atoms. The van der Waals surface area contributed by atoms with Crippen molar-refractivity contribution in [3.63, 3.8) is 0 Å². The van der Waals surface area contributed by atoms with Gasteiger partial charge in [0.1, 0.15) is 6.61 Å². The van der Waals surface area contributed by atoms with Gasteiger partial charge in [-0.3, -0.25) is 0 Å². The van der Waals surface area contributed by atoms with Crippen molar-refractivity contribution in [1.29, 1.82) is 0 Å². The Balaban J connectivity index is 1.87. The molecular formula is C15H14O6. The van der Waals surface area contributed by atoms with Crippen LogP contribution in [0.5, 0.6) is 11.5 Å². The summed E-state index contributed by atoms with van der Waals surface area (Å²) in [4.78, 5) is 22.5. The predicted octanol–water partition coefficient (Wildman–Crippen LogP) is 1.53. The number of esters is 2. The van der Waals surface area contributed by atoms with E-state index in [4.69, 9.17) is 14.6 Å². The van der Waals surface area contributed by atoms with Crippen molar-refractivity contribution < 1.29 is 29.3 Å². The standard InChI is InChI=1S/C15H14O6/c1-9-6-15(19)21-13(9)8-20-14(18)5-3-10-2-4-11(16)12(17)7-10/h2-7,13,16-17H,8H2,1H3/b5-3+/t13-/m0/s1. The second-order valence-electron chi connectivity index (χ2n) is 4.53. The van der Waals surface area contributed by atoms with E-state index in [0.717, 1.165) is 0 Å². The Morgan fingerprint density at radius 3 is 2.76 bits per heavy atom. The zero-order valence-corrected chi connectivity index (χ0v) is 11.3. The Hall–Kier alpha value is -2.76. The first kappa shape index (κ1) is 14.6. The van der Waals surface area contributed by atoms with Crippen molar-refractivity contribution in [2.24, 2.45) is 0 Å². The van der Waals surface area contributed by atoms with Crippen molar-refractivity contribution in [2.75, 3.05) is 6.61 Å². The number of carbonyl (C=O) groups excluding carboxylic acids is 2. The van der Waals surface area contributed by atoms with Gasteiger partial charge in [-0.1, -0.05) is 6.07 Å². The second kappa shape index (κ2) is 6.13. The summed E-state index contributed by atoms with van der Waals surface area (Å²) in [5.41, 5.74) is 1.24. The molecule has 0 spiro atoms. The Labute approximate surface area is 120 Å². The third-order valence-corrected chi connectivity index (χ3v) is 2.90. The van der Waals surface area contributed by atoms with Gasteiger partial charge in [0.2, 0.25) is 0 Å². The molecule has 110 valence electrons. The van der Waals surface area contributed by atoms with Crippen LogP contribution >= 0.6 is 0 Å². The lowest BCUT2D eigenvalue weighted by molar-refractivity contribution is -0.148. The molecule has 1 aromatic carbocycles. The van der Waals surface area contributed by atoms with Gasteiger partial charge >= 0.3 is 11.9 Å². The van der Waals surface area contributed by atoms with Gasteiger partial charge in [0.25, 0.3) is 0 Å². The molecular weight excluding hydrogens is 276 g/mol. The van der Waals surface area contributed by atoms with Gasteiger partial charge in [-0.25, -0.2) is 9.59 Å². The molecule has 1 heterocycles. The molecule has 0 aliphatic carbocycles. The smallest absolute Gasteiger partial charge is 0.331 e. The van der Waals surface area contributed by atoms with Crippen molar-refractivity contribution >= 4 is 18.0 Å². The topological polar surface area (TPSA) is 93.1 Å². The van der Waals surface area contributed by atoms with Gasteiger partial charge in [0.05, 0.1) is 0 Å². The molecule has 0 radical (unpaired) electrons. The zero-order valence-electron chi connectivity index (χ0n) is 11.3. The first-order valence-electron chi connectivity index (χ1n) is 6.21. The van der Waals surface area contributed by atoms with E-state index in [9.17, 15) is 14.7 Å². The highest BCUT2D eigenvalue weighted by molar-refractivity contribution is 5.88. The molecule has 0 amide bonds. The first-order chi connectivity index (χ1) is 9.95. The number of rotatable bonds is 4. The van der Waals surface area contributed by atoms with E-state index in [-0.39, 0.29) is 18.1 Å². The van der Waals surface area contributed by atoms with E-state index in [2.05, 4.69) is 0 Å². The third kappa shape index (κ3) is 3.85. The van der Waals surface area contributed by atoms with Gasteiger partial charge in [-0.05, 0) is 36.3 Å². The fourth-order valence-corrected chi connectivity index (χ4v) is 1.73. The maximum atomic E-state index is 11.5. The molecule has 6 nitrogen and oxygen atoms in total. The number of phenolic OH excluding ortho intramolecular Hbond substituents is 2. The number of phenols is 2. The summed E-state index contributed by atoms with van der Waals surface area (Å²) in [6.45, 7) is 1.68. The van der Waals surface area contributed by atoms with Crippen LogP contribution in [0.15, 0.2) is 35.9 Å². The van der Waals surface area contributed by atoms with E-state index in [1.54, 1.807) is 6.92 Å². The molecule has 0 saturated carbocycles. The summed E-state index contributed by atoms with van der Waals surface area (Å²) >= 11 is 0. The Bertz CT molecular complexity index is 629. The van der Waals surface area contributed by atoms with E-state index < -0.39 is 18.0 Å². The number of hydrogen-bond donors (Lipinski definition) is 2. The average Bonchev–Trinajstić information content (AvgIpc) is 2.76. The first-order valence-corrected chi connectivity index (χ1v) is 6.21. The molecule has 2 N–H and O–H groups in total. The van der Waals surface area contributed by atoms with Crippen molar-refractivity contribution in [2.45, 2.75) is 13.0 Å². The molecule has 0 aromatic heterocycles. The van der Waals surface area contributed by atoms with Gasteiger partial charge in [0, 0.05) is 12.2 Å². The molecule has 1 aliphatic heterocycles. The third-order valence-electron chi connectivity index (χ3n) is 2.90. The van der Waals surface area contributed by atoms with Crippen LogP contribution < -0.4 is 0 Å². The minimum Gasteiger partial charge on any atom is -0.504 e. The Morgan fingerprint density at radius 2 is 2.14 bits per heavy atom. The van der Waals surface area contributed by atoms with Gasteiger partial charge < -0.3 is 19.7 Å². The number of ether oxygens (including phenoxy) is 2. The summed E-state index contributed by atoms with van der Waals surface area (Å²) in [5, 5.41) is 18.5. The zero-order chi connectivity index (χ0) is 15.4. The largest absolute Gasteiger partial charge is 0.504 e. The van der Waals surface area contributed by atoms with Crippen LogP contribution in [0.3, 0.4) is 0 Å². The van der Waals surface area contributed by atoms with Crippen molar-refractivity contribution in [1.82, 2.24) is 0 Å². The number of cyclic esters (lactones) is 1. The predicted molar refractivity (Wildman–Crippen MR) is 73.4 cm³/mol. The van der Waals surface area contributed by atoms with E-state index >= 15 is 0 Å². The highest BCUT2D eigenvalue weighted by Crippen LogP contribution is 2.25. The second-order valence-corrected chi connectivity index (χ2v) is 4.53. The molecule has 21 heavy (non-hydrogen) atoms. The number of hydrogen-bond acceptors (Lipinski definition) is 6. The maximum Gasteiger partial charge on any atom is 0.331 e. The highest BCUT2D eigenvalue weighted by atomic mass is 16.6. The Kier molecular flexibility index (Phi) is 4.27. The molecule has 2 rings (SSSR count). The lowest BCUT2D eigenvalue weighted by Gasteiger charge is -2.10. The number of aromatic hydroxyl groups is 2. The summed E-state index contributed by atoms with van der Waals surface area (Å²) in [7, 11) is 0. The molecule has 1 aliphatic rings. The summed E-state index contributed by atoms with van der Waals surface area (Å²) in [6.07, 6.45) is 3.44. The van der Waals surface area contributed by atoms with Crippen LogP contribution in [0.1, 0.15) is 12.5 Å². The molecule has 0 fully saturated rings. The SMILES string of the molecule is CC1=CC(=O)O[C@H]1COC(=O)/C=C/c1ccc(O)c(O)c1. The summed E-state index contributed by atoms with van der Waals surface area (Å²) < 4.78 is 9.89. The number of carbonyl (C=O) groups is 2. The lowest BCUT2D eigenvalue weighted by Crippen LogP contribution is -2.20. The highest BCUT2D eigenvalue weighted by Gasteiger charge is 2.23. The average molecular weight is 290 g/mol. The molecule has 1 aromatic rings. The van der Waals surface area contributed by atoms with Crippen LogP contribution in [-0.4, -0.2) is 34.9 Å². The van der Waals surface area contributed by atoms with Crippen molar-refractivity contribution in [3.8, 4) is 11.5 Å². The van der Waals surface area contributed by atoms with E-state index in [0.29, 0.717) is 11.1 Å².